The van der Waals surface area contributed by atoms with E-state index in [1.807, 2.05) is 58.0 Å². The Bertz CT molecular complexity index is 577. The van der Waals surface area contributed by atoms with Gasteiger partial charge in [-0.2, -0.15) is 0 Å². The second kappa shape index (κ2) is 11.6. The molecule has 0 saturated carbocycles. The summed E-state index contributed by atoms with van der Waals surface area (Å²) in [7, 11) is 0. The number of hydrogen-bond donors (Lipinski definition) is 1. The maximum atomic E-state index is 11.1. The minimum absolute atomic E-state index is 0.262. The van der Waals surface area contributed by atoms with Crippen LogP contribution in [0.25, 0.3) is 0 Å². The first-order valence-corrected chi connectivity index (χ1v) is 7.99. The summed E-state index contributed by atoms with van der Waals surface area (Å²) in [5, 5.41) is 9.12. The smallest absolute Gasteiger partial charge is 0.336 e. The summed E-state index contributed by atoms with van der Waals surface area (Å²) in [6.07, 6.45) is 0.584. The van der Waals surface area contributed by atoms with Crippen LogP contribution in [-0.4, -0.2) is 15.9 Å². The van der Waals surface area contributed by atoms with Gasteiger partial charge in [0.2, 0.25) is 0 Å². The van der Waals surface area contributed by atoms with Crippen LogP contribution in [0.5, 0.6) is 0 Å². The molecule has 2 aromatic carbocycles. The fourth-order valence-electron chi connectivity index (χ4n) is 1.79. The van der Waals surface area contributed by atoms with E-state index in [0.717, 1.165) is 5.56 Å². The molecule has 0 heterocycles. The lowest BCUT2D eigenvalue weighted by Gasteiger charge is -2.07. The molecule has 0 amide bonds. The normalized spacial score (nSPS) is 8.73. The average molecular weight is 316 g/mol. The fourth-order valence-corrected chi connectivity index (χ4v) is 2.13. The third-order valence-electron chi connectivity index (χ3n) is 2.67. The number of thiocarbonyl (C=S) groups is 1. The molecule has 2 aromatic rings. The van der Waals surface area contributed by atoms with Gasteiger partial charge in [-0.25, -0.2) is 4.79 Å². The Morgan fingerprint density at radius 2 is 1.32 bits per heavy atom. The maximum absolute atomic E-state index is 11.1. The van der Waals surface area contributed by atoms with Gasteiger partial charge in [-0.1, -0.05) is 88.4 Å². The zero-order valence-corrected chi connectivity index (χ0v) is 14.5. The predicted molar refractivity (Wildman–Crippen MR) is 97.9 cm³/mol. The molecule has 0 spiro atoms. The molecule has 3 heteroatoms. The van der Waals surface area contributed by atoms with Gasteiger partial charge < -0.3 is 5.11 Å². The Morgan fingerprint density at radius 1 is 0.864 bits per heavy atom. The van der Waals surface area contributed by atoms with Crippen LogP contribution < -0.4 is 0 Å². The van der Waals surface area contributed by atoms with Crippen LogP contribution in [0.3, 0.4) is 0 Å². The first kappa shape index (κ1) is 20.0. The highest BCUT2D eigenvalue weighted by Gasteiger charge is 2.12. The number of carbonyl (C=O) groups is 1. The molecule has 0 radical (unpaired) electrons. The first-order valence-electron chi connectivity index (χ1n) is 7.58. The van der Waals surface area contributed by atoms with E-state index in [1.54, 1.807) is 24.3 Å². The van der Waals surface area contributed by atoms with E-state index < -0.39 is 5.97 Å². The molecule has 0 aliphatic carbocycles. The van der Waals surface area contributed by atoms with E-state index in [2.05, 4.69) is 0 Å². The number of carboxylic acids is 1. The van der Waals surface area contributed by atoms with Gasteiger partial charge in [-0.05, 0) is 11.6 Å². The van der Waals surface area contributed by atoms with E-state index in [9.17, 15) is 4.79 Å². The molecule has 118 valence electrons. The highest BCUT2D eigenvalue weighted by molar-refractivity contribution is 7.80. The first-order chi connectivity index (χ1) is 10.7. The van der Waals surface area contributed by atoms with Gasteiger partial charge in [0.25, 0.3) is 0 Å². The summed E-state index contributed by atoms with van der Waals surface area (Å²) in [6.45, 7) is 8.00. The SMILES string of the molecule is CC.CC.O=C(O)c1ccccc1C(=S)Cc1ccccc1. The molecule has 2 rings (SSSR count). The fraction of sp³-hybridized carbons (Fsp3) is 0.263. The van der Waals surface area contributed by atoms with Crippen molar-refractivity contribution in [1.29, 1.82) is 0 Å². The van der Waals surface area contributed by atoms with Crippen molar-refractivity contribution in [3.05, 3.63) is 71.3 Å². The van der Waals surface area contributed by atoms with Crippen molar-refractivity contribution >= 4 is 23.1 Å². The lowest BCUT2D eigenvalue weighted by molar-refractivity contribution is 0.0696. The summed E-state index contributed by atoms with van der Waals surface area (Å²) in [5.41, 5.74) is 1.98. The quantitative estimate of drug-likeness (QED) is 0.606. The van der Waals surface area contributed by atoms with Crippen molar-refractivity contribution in [2.75, 3.05) is 0 Å². The molecule has 1 N–H and O–H groups in total. The largest absolute Gasteiger partial charge is 0.478 e. The molecule has 0 atom stereocenters. The minimum atomic E-state index is -0.944. The van der Waals surface area contributed by atoms with Gasteiger partial charge in [0.1, 0.15) is 0 Å². The molecular formula is C19H24O2S. The number of carboxylic acid groups (broad SMARTS) is 1. The molecule has 0 fully saturated rings. The van der Waals surface area contributed by atoms with Crippen molar-refractivity contribution in [3.63, 3.8) is 0 Å². The zero-order chi connectivity index (χ0) is 17.0. The molecule has 0 saturated heterocycles. The molecule has 0 aromatic heterocycles. The summed E-state index contributed by atoms with van der Waals surface area (Å²) in [6, 6.07) is 16.6. The van der Waals surface area contributed by atoms with Crippen LogP contribution in [0.2, 0.25) is 0 Å². The van der Waals surface area contributed by atoms with Gasteiger partial charge in [0, 0.05) is 16.8 Å². The monoisotopic (exact) mass is 316 g/mol. The molecule has 22 heavy (non-hydrogen) atoms. The van der Waals surface area contributed by atoms with Crippen LogP contribution in [0, 0.1) is 0 Å². The summed E-state index contributed by atoms with van der Waals surface area (Å²) >= 11 is 5.35. The Labute approximate surface area is 138 Å². The van der Waals surface area contributed by atoms with Crippen LogP contribution in [0.1, 0.15) is 49.2 Å². The lowest BCUT2D eigenvalue weighted by Crippen LogP contribution is -2.09. The minimum Gasteiger partial charge on any atom is -0.478 e. The van der Waals surface area contributed by atoms with Gasteiger partial charge in [0.15, 0.2) is 0 Å². The Kier molecular flexibility index (Phi) is 10.6. The zero-order valence-electron chi connectivity index (χ0n) is 13.7. The van der Waals surface area contributed by atoms with E-state index in [4.69, 9.17) is 17.3 Å². The standard InChI is InChI=1S/C15H12O2S.2C2H6/c16-15(17)13-9-5-4-8-12(13)14(18)10-11-6-2-1-3-7-11;2*1-2/h1-9H,10H2,(H,16,17);2*1-2H3. The van der Waals surface area contributed by atoms with E-state index in [1.165, 1.54) is 0 Å². The second-order valence-electron chi connectivity index (χ2n) is 3.94. The number of hydrogen-bond acceptors (Lipinski definition) is 2. The van der Waals surface area contributed by atoms with Gasteiger partial charge in [-0.3, -0.25) is 0 Å². The number of rotatable bonds is 4. The van der Waals surface area contributed by atoms with E-state index in [-0.39, 0.29) is 5.56 Å². The van der Waals surface area contributed by atoms with E-state index in [0.29, 0.717) is 16.8 Å². The average Bonchev–Trinajstić information content (AvgIpc) is 2.59. The molecule has 0 bridgehead atoms. The maximum Gasteiger partial charge on any atom is 0.336 e. The number of aromatic carboxylic acids is 1. The predicted octanol–water partition coefficient (Wildman–Crippen LogP) is 5.40. The van der Waals surface area contributed by atoms with Gasteiger partial charge in [0.05, 0.1) is 5.56 Å². The van der Waals surface area contributed by atoms with Crippen LogP contribution >= 0.6 is 12.2 Å². The topological polar surface area (TPSA) is 37.3 Å². The molecule has 0 aliphatic rings. The van der Waals surface area contributed by atoms with Gasteiger partial charge >= 0.3 is 5.97 Å². The summed E-state index contributed by atoms with van der Waals surface area (Å²) in [5.74, 6) is -0.944. The number of benzene rings is 2. The summed E-state index contributed by atoms with van der Waals surface area (Å²) < 4.78 is 0. The Balaban J connectivity index is 0.00000102. The second-order valence-corrected chi connectivity index (χ2v) is 4.43. The molecule has 2 nitrogen and oxygen atoms in total. The highest BCUT2D eigenvalue weighted by Crippen LogP contribution is 2.14. The van der Waals surface area contributed by atoms with Crippen LogP contribution in [0.15, 0.2) is 54.6 Å². The molecule has 0 aliphatic heterocycles. The van der Waals surface area contributed by atoms with Crippen molar-refractivity contribution in [1.82, 2.24) is 0 Å². The van der Waals surface area contributed by atoms with Crippen LogP contribution in [-0.2, 0) is 6.42 Å². The van der Waals surface area contributed by atoms with E-state index >= 15 is 0 Å². The third kappa shape index (κ3) is 6.19. The molecule has 0 unspecified atom stereocenters. The van der Waals surface area contributed by atoms with Crippen molar-refractivity contribution < 1.29 is 9.90 Å². The summed E-state index contributed by atoms with van der Waals surface area (Å²) in [4.78, 5) is 11.8. The lowest BCUT2D eigenvalue weighted by atomic mass is 9.99. The highest BCUT2D eigenvalue weighted by atomic mass is 32.1. The third-order valence-corrected chi connectivity index (χ3v) is 3.03. The van der Waals surface area contributed by atoms with Gasteiger partial charge in [-0.15, -0.1) is 0 Å². The Morgan fingerprint density at radius 3 is 1.82 bits per heavy atom. The molecular weight excluding hydrogens is 292 g/mol. The van der Waals surface area contributed by atoms with Crippen LogP contribution in [0.4, 0.5) is 0 Å². The Hall–Kier alpha value is -2.00. The van der Waals surface area contributed by atoms with Crippen molar-refractivity contribution in [2.45, 2.75) is 34.1 Å². The van der Waals surface area contributed by atoms with Crippen molar-refractivity contribution in [3.8, 4) is 0 Å². The van der Waals surface area contributed by atoms with Crippen molar-refractivity contribution in [2.24, 2.45) is 0 Å².